The molecule has 0 amide bonds. The van der Waals surface area contributed by atoms with E-state index in [-0.39, 0.29) is 17.3 Å². The third kappa shape index (κ3) is 3.32. The van der Waals surface area contributed by atoms with E-state index in [1.165, 1.54) is 7.11 Å². The Hall–Kier alpha value is -1.36. The van der Waals surface area contributed by atoms with E-state index in [1.807, 2.05) is 0 Å². The zero-order chi connectivity index (χ0) is 13.9. The monoisotopic (exact) mass is 277 g/mol. The number of benzene rings is 1. The highest BCUT2D eigenvalue weighted by molar-refractivity contribution is 6.33. The molecule has 1 aromatic carbocycles. The van der Waals surface area contributed by atoms with Crippen molar-refractivity contribution in [2.75, 3.05) is 19.0 Å². The van der Waals surface area contributed by atoms with Crippen LogP contribution in [0.2, 0.25) is 5.02 Å². The number of hydrogen-bond acceptors (Lipinski definition) is 3. The number of ether oxygens (including phenoxy) is 1. The number of carbonyl (C=O) groups is 1. The number of hydrogen-bond donors (Lipinski definition) is 1. The highest BCUT2D eigenvalue weighted by atomic mass is 35.5. The minimum absolute atomic E-state index is 0.0324. The van der Waals surface area contributed by atoms with Gasteiger partial charge < -0.3 is 10.1 Å². The van der Waals surface area contributed by atoms with Crippen molar-refractivity contribution < 1.29 is 18.3 Å². The smallest absolute Gasteiger partial charge is 0.313 e. The van der Waals surface area contributed by atoms with Gasteiger partial charge in [-0.3, -0.25) is 4.79 Å². The van der Waals surface area contributed by atoms with Gasteiger partial charge in [0.15, 0.2) is 5.82 Å². The largest absolute Gasteiger partial charge is 0.469 e. The Kier molecular flexibility index (Phi) is 4.51. The molecule has 18 heavy (non-hydrogen) atoms. The number of anilines is 1. The van der Waals surface area contributed by atoms with E-state index in [4.69, 9.17) is 11.6 Å². The predicted molar refractivity (Wildman–Crippen MR) is 65.7 cm³/mol. The molecule has 100 valence electrons. The standard InChI is InChI=1S/C12H14ClF2NO2/c1-12(2,11(17)18-3)6-16-10-8(13)4-7(14)5-9(10)15/h4-5,16H,6H2,1-3H3. The predicted octanol–water partition coefficient (Wildman–Crippen LogP) is 3.23. The second-order valence-electron chi connectivity index (χ2n) is 4.47. The summed E-state index contributed by atoms with van der Waals surface area (Å²) in [5, 5.41) is 2.61. The molecule has 6 heteroatoms. The van der Waals surface area contributed by atoms with E-state index in [0.29, 0.717) is 0 Å². The summed E-state index contributed by atoms with van der Waals surface area (Å²) < 4.78 is 30.9. The first kappa shape index (κ1) is 14.7. The summed E-state index contributed by atoms with van der Waals surface area (Å²) in [6.07, 6.45) is 0. The summed E-state index contributed by atoms with van der Waals surface area (Å²) in [5.41, 5.74) is -0.881. The normalized spacial score (nSPS) is 11.2. The first-order chi connectivity index (χ1) is 8.27. The van der Waals surface area contributed by atoms with Crippen molar-refractivity contribution in [3.63, 3.8) is 0 Å². The first-order valence-corrected chi connectivity index (χ1v) is 5.62. The van der Waals surface area contributed by atoms with Crippen LogP contribution >= 0.6 is 11.6 Å². The van der Waals surface area contributed by atoms with E-state index in [0.717, 1.165) is 12.1 Å². The van der Waals surface area contributed by atoms with E-state index < -0.39 is 23.0 Å². The molecule has 0 aliphatic carbocycles. The van der Waals surface area contributed by atoms with E-state index in [2.05, 4.69) is 10.1 Å². The van der Waals surface area contributed by atoms with Crippen molar-refractivity contribution in [2.45, 2.75) is 13.8 Å². The van der Waals surface area contributed by atoms with E-state index in [9.17, 15) is 13.6 Å². The Morgan fingerprint density at radius 2 is 2.06 bits per heavy atom. The van der Waals surface area contributed by atoms with Gasteiger partial charge in [0.1, 0.15) is 5.82 Å². The molecule has 1 rings (SSSR count). The van der Waals surface area contributed by atoms with Gasteiger partial charge in [0.25, 0.3) is 0 Å². The molecule has 1 aromatic rings. The lowest BCUT2D eigenvalue weighted by Crippen LogP contribution is -2.33. The van der Waals surface area contributed by atoms with Crippen LogP contribution in [0, 0.1) is 17.0 Å². The Morgan fingerprint density at radius 1 is 1.44 bits per heavy atom. The highest BCUT2D eigenvalue weighted by Crippen LogP contribution is 2.28. The minimum atomic E-state index is -0.848. The van der Waals surface area contributed by atoms with Gasteiger partial charge in [0.05, 0.1) is 23.2 Å². The quantitative estimate of drug-likeness (QED) is 0.859. The van der Waals surface area contributed by atoms with Crippen LogP contribution in [0.3, 0.4) is 0 Å². The maximum atomic E-state index is 13.5. The fourth-order valence-electron chi connectivity index (χ4n) is 1.37. The van der Waals surface area contributed by atoms with Gasteiger partial charge in [-0.05, 0) is 19.9 Å². The molecule has 0 saturated heterocycles. The lowest BCUT2D eigenvalue weighted by atomic mass is 9.93. The topological polar surface area (TPSA) is 38.3 Å². The van der Waals surface area contributed by atoms with Gasteiger partial charge in [-0.15, -0.1) is 0 Å². The number of halogens is 3. The zero-order valence-corrected chi connectivity index (χ0v) is 11.1. The van der Waals surface area contributed by atoms with Crippen LogP contribution in [0.15, 0.2) is 12.1 Å². The van der Waals surface area contributed by atoms with Crippen LogP contribution < -0.4 is 5.32 Å². The van der Waals surface area contributed by atoms with Gasteiger partial charge in [-0.25, -0.2) is 8.78 Å². The number of rotatable bonds is 4. The maximum absolute atomic E-state index is 13.5. The molecule has 0 fully saturated rings. The van der Waals surface area contributed by atoms with Crippen LogP contribution in [0.1, 0.15) is 13.8 Å². The summed E-state index contributed by atoms with van der Waals surface area (Å²) >= 11 is 5.72. The van der Waals surface area contributed by atoms with Gasteiger partial charge in [-0.1, -0.05) is 11.6 Å². The molecular weight excluding hydrogens is 264 g/mol. The van der Waals surface area contributed by atoms with Crippen LogP contribution in [0.4, 0.5) is 14.5 Å². The molecule has 3 nitrogen and oxygen atoms in total. The van der Waals surface area contributed by atoms with Crippen LogP contribution in [0.5, 0.6) is 0 Å². The SMILES string of the molecule is COC(=O)C(C)(C)CNc1c(F)cc(F)cc1Cl. The lowest BCUT2D eigenvalue weighted by Gasteiger charge is -2.22. The molecule has 0 bridgehead atoms. The van der Waals surface area contributed by atoms with Crippen LogP contribution in [-0.4, -0.2) is 19.6 Å². The molecule has 0 aliphatic rings. The fourth-order valence-corrected chi connectivity index (χ4v) is 1.63. The summed E-state index contributed by atoms with van der Waals surface area (Å²) in [6.45, 7) is 3.39. The van der Waals surface area contributed by atoms with Crippen molar-refractivity contribution in [2.24, 2.45) is 5.41 Å². The molecule has 0 heterocycles. The Bertz CT molecular complexity index is 440. The number of carbonyl (C=O) groups excluding carboxylic acids is 1. The van der Waals surface area contributed by atoms with E-state index >= 15 is 0 Å². The van der Waals surface area contributed by atoms with Crippen molar-refractivity contribution in [3.8, 4) is 0 Å². The first-order valence-electron chi connectivity index (χ1n) is 5.25. The molecule has 1 N–H and O–H groups in total. The molecule has 0 aliphatic heterocycles. The van der Waals surface area contributed by atoms with Crippen molar-refractivity contribution in [1.82, 2.24) is 0 Å². The molecular formula is C12H14ClF2NO2. The third-order valence-electron chi connectivity index (χ3n) is 2.45. The molecule has 0 aromatic heterocycles. The van der Waals surface area contributed by atoms with Crippen LogP contribution in [-0.2, 0) is 9.53 Å². The second kappa shape index (κ2) is 5.52. The fraction of sp³-hybridized carbons (Fsp3) is 0.417. The lowest BCUT2D eigenvalue weighted by molar-refractivity contribution is -0.149. The minimum Gasteiger partial charge on any atom is -0.469 e. The summed E-state index contributed by atoms with van der Waals surface area (Å²) in [6, 6.07) is 1.72. The van der Waals surface area contributed by atoms with Crippen molar-refractivity contribution >= 4 is 23.3 Å². The Labute approximate surface area is 109 Å². The van der Waals surface area contributed by atoms with Crippen molar-refractivity contribution in [3.05, 3.63) is 28.8 Å². The molecule has 0 radical (unpaired) electrons. The average molecular weight is 278 g/mol. The van der Waals surface area contributed by atoms with Crippen molar-refractivity contribution in [1.29, 1.82) is 0 Å². The van der Waals surface area contributed by atoms with Crippen LogP contribution in [0.25, 0.3) is 0 Å². The second-order valence-corrected chi connectivity index (χ2v) is 4.88. The Balaban J connectivity index is 2.84. The summed E-state index contributed by atoms with van der Waals surface area (Å²) in [7, 11) is 1.27. The molecule has 0 unspecified atom stereocenters. The number of esters is 1. The van der Waals surface area contributed by atoms with Gasteiger partial charge >= 0.3 is 5.97 Å². The van der Waals surface area contributed by atoms with Gasteiger partial charge in [0.2, 0.25) is 0 Å². The van der Waals surface area contributed by atoms with Gasteiger partial charge in [-0.2, -0.15) is 0 Å². The molecule has 0 atom stereocenters. The zero-order valence-electron chi connectivity index (χ0n) is 10.3. The third-order valence-corrected chi connectivity index (χ3v) is 2.75. The summed E-state index contributed by atoms with van der Waals surface area (Å²) in [5.74, 6) is -2.00. The number of nitrogens with one attached hydrogen (secondary N) is 1. The molecule has 0 saturated carbocycles. The Morgan fingerprint density at radius 3 is 2.56 bits per heavy atom. The maximum Gasteiger partial charge on any atom is 0.313 e. The summed E-state index contributed by atoms with van der Waals surface area (Å²) in [4.78, 5) is 11.4. The molecule has 0 spiro atoms. The average Bonchev–Trinajstić information content (AvgIpc) is 2.26. The number of methoxy groups -OCH3 is 1. The van der Waals surface area contributed by atoms with Gasteiger partial charge in [0, 0.05) is 12.6 Å². The highest BCUT2D eigenvalue weighted by Gasteiger charge is 2.29. The van der Waals surface area contributed by atoms with E-state index in [1.54, 1.807) is 13.8 Å².